The molecule has 10 nitrogen and oxygen atoms in total. The van der Waals surface area contributed by atoms with E-state index in [0.717, 1.165) is 24.8 Å². The third-order valence-corrected chi connectivity index (χ3v) is 7.38. The number of hydroxylamine groups is 1. The van der Waals surface area contributed by atoms with Crippen LogP contribution in [0.3, 0.4) is 0 Å². The Bertz CT molecular complexity index is 994. The number of benzene rings is 1. The van der Waals surface area contributed by atoms with Crippen LogP contribution >= 0.6 is 11.3 Å². The topological polar surface area (TPSA) is 128 Å². The van der Waals surface area contributed by atoms with Crippen molar-refractivity contribution in [2.45, 2.75) is 51.0 Å². The molecule has 1 saturated carbocycles. The Balaban J connectivity index is 1.40. The molecule has 2 aromatic rings. The lowest BCUT2D eigenvalue weighted by Gasteiger charge is -2.31. The van der Waals surface area contributed by atoms with Gasteiger partial charge >= 0.3 is 6.03 Å². The van der Waals surface area contributed by atoms with E-state index in [2.05, 4.69) is 15.5 Å². The first-order valence-electron chi connectivity index (χ1n) is 11.7. The fourth-order valence-corrected chi connectivity index (χ4v) is 5.45. The van der Waals surface area contributed by atoms with Gasteiger partial charge < -0.3 is 9.80 Å². The second kappa shape index (κ2) is 11.4. The molecule has 34 heavy (non-hydrogen) atoms. The third-order valence-electron chi connectivity index (χ3n) is 6.49. The first-order chi connectivity index (χ1) is 16.5. The molecule has 2 aliphatic rings. The van der Waals surface area contributed by atoms with Crippen molar-refractivity contribution in [2.75, 3.05) is 25.0 Å². The number of amides is 4. The van der Waals surface area contributed by atoms with Crippen LogP contribution in [-0.2, 0) is 9.59 Å². The Morgan fingerprint density at radius 1 is 1.09 bits per heavy atom. The number of carbonyl (C=O) groups is 3. The van der Waals surface area contributed by atoms with E-state index in [1.807, 2.05) is 30.3 Å². The Morgan fingerprint density at radius 2 is 1.85 bits per heavy atom. The number of likely N-dealkylation sites (tertiary alicyclic amines) is 1. The van der Waals surface area contributed by atoms with Crippen LogP contribution in [0.25, 0.3) is 10.6 Å². The first-order valence-corrected chi connectivity index (χ1v) is 12.5. The normalized spacial score (nSPS) is 18.1. The second-order valence-electron chi connectivity index (χ2n) is 8.80. The summed E-state index contributed by atoms with van der Waals surface area (Å²) < 4.78 is 0. The highest BCUT2D eigenvalue weighted by molar-refractivity contribution is 7.18. The smallest absolute Gasteiger partial charge is 0.315 e. The fraction of sp³-hybridized carbons (Fsp3) is 0.522. The molecule has 2 fully saturated rings. The molecule has 0 bridgehead atoms. The van der Waals surface area contributed by atoms with E-state index in [-0.39, 0.29) is 18.5 Å². The van der Waals surface area contributed by atoms with Gasteiger partial charge in [0.15, 0.2) is 0 Å². The van der Waals surface area contributed by atoms with E-state index in [1.165, 1.54) is 34.0 Å². The van der Waals surface area contributed by atoms with Gasteiger partial charge in [-0.2, -0.15) is 0 Å². The summed E-state index contributed by atoms with van der Waals surface area (Å²) in [5.41, 5.74) is 2.52. The molecule has 2 heterocycles. The fourth-order valence-electron chi connectivity index (χ4n) is 4.70. The summed E-state index contributed by atoms with van der Waals surface area (Å²) >= 11 is 1.27. The highest BCUT2D eigenvalue weighted by Gasteiger charge is 2.37. The molecule has 0 spiro atoms. The van der Waals surface area contributed by atoms with Gasteiger partial charge in [-0.25, -0.2) is 10.3 Å². The molecule has 1 aromatic heterocycles. The van der Waals surface area contributed by atoms with Gasteiger partial charge in [-0.15, -0.1) is 10.2 Å². The Morgan fingerprint density at radius 3 is 2.59 bits per heavy atom. The van der Waals surface area contributed by atoms with E-state index in [0.29, 0.717) is 42.0 Å². The summed E-state index contributed by atoms with van der Waals surface area (Å²) in [6, 6.07) is 8.57. The lowest BCUT2D eigenvalue weighted by Crippen LogP contribution is -2.51. The minimum Gasteiger partial charge on any atom is -0.315 e. The summed E-state index contributed by atoms with van der Waals surface area (Å²) in [5.74, 6) is -0.424. The summed E-state index contributed by atoms with van der Waals surface area (Å²) in [7, 11) is 0. The Kier molecular flexibility index (Phi) is 8.07. The summed E-state index contributed by atoms with van der Waals surface area (Å²) in [4.78, 5) is 41.2. The molecule has 1 aliphatic carbocycles. The molecule has 182 valence electrons. The van der Waals surface area contributed by atoms with Gasteiger partial charge in [-0.05, 0) is 25.2 Å². The zero-order valence-corrected chi connectivity index (χ0v) is 19.8. The number of urea groups is 1. The monoisotopic (exact) mass is 486 g/mol. The number of carbonyl (C=O) groups excluding carboxylic acids is 3. The van der Waals surface area contributed by atoms with Gasteiger partial charge in [-0.1, -0.05) is 67.4 Å². The largest absolute Gasteiger partial charge is 0.321 e. The standard InChI is InChI=1S/C23H30N6O4S/c30-19(27-33)15-28(14-12-16-7-4-5-8-16)23(32)29-13-6-11-18(29)20(31)24-22-26-25-21(34-22)17-9-2-1-3-10-17/h1-3,9-10,16,18,33H,4-8,11-15H2,(H,27,30)(H,24,26,31)/t18-/m0/s1. The predicted molar refractivity (Wildman–Crippen MR) is 127 cm³/mol. The van der Waals surface area contributed by atoms with Crippen molar-refractivity contribution in [1.82, 2.24) is 25.5 Å². The van der Waals surface area contributed by atoms with Gasteiger partial charge in [0.25, 0.3) is 5.91 Å². The highest BCUT2D eigenvalue weighted by Crippen LogP contribution is 2.29. The van der Waals surface area contributed by atoms with Gasteiger partial charge in [-0.3, -0.25) is 20.1 Å². The molecule has 1 saturated heterocycles. The molecule has 4 amide bonds. The molecule has 0 unspecified atom stereocenters. The molecule has 1 atom stereocenters. The zero-order valence-electron chi connectivity index (χ0n) is 19.0. The lowest BCUT2D eigenvalue weighted by atomic mass is 10.0. The number of nitrogens with one attached hydrogen (secondary N) is 2. The van der Waals surface area contributed by atoms with Crippen molar-refractivity contribution in [3.63, 3.8) is 0 Å². The van der Waals surface area contributed by atoms with Crippen LogP contribution in [0.1, 0.15) is 44.9 Å². The number of hydrogen-bond donors (Lipinski definition) is 3. The van der Waals surface area contributed by atoms with Crippen molar-refractivity contribution in [1.29, 1.82) is 0 Å². The summed E-state index contributed by atoms with van der Waals surface area (Å²) in [6.45, 7) is 0.602. The minimum atomic E-state index is -0.651. The number of nitrogens with zero attached hydrogens (tertiary/aromatic N) is 4. The summed E-state index contributed by atoms with van der Waals surface area (Å²) in [6.07, 6.45) is 6.69. The van der Waals surface area contributed by atoms with Crippen molar-refractivity contribution in [2.24, 2.45) is 5.92 Å². The number of rotatable bonds is 8. The van der Waals surface area contributed by atoms with Crippen LogP contribution in [-0.4, -0.2) is 68.7 Å². The molecule has 3 N–H and O–H groups in total. The number of anilines is 1. The maximum absolute atomic E-state index is 13.3. The quantitative estimate of drug-likeness (QED) is 0.389. The van der Waals surface area contributed by atoms with Gasteiger partial charge in [0, 0.05) is 18.7 Å². The third kappa shape index (κ3) is 5.89. The molecule has 1 aliphatic heterocycles. The maximum Gasteiger partial charge on any atom is 0.321 e. The van der Waals surface area contributed by atoms with E-state index in [9.17, 15) is 14.4 Å². The minimum absolute atomic E-state index is 0.246. The Hall–Kier alpha value is -3.05. The zero-order chi connectivity index (χ0) is 23.9. The molecular weight excluding hydrogens is 456 g/mol. The van der Waals surface area contributed by atoms with Crippen LogP contribution in [0.5, 0.6) is 0 Å². The van der Waals surface area contributed by atoms with E-state index >= 15 is 0 Å². The number of aromatic nitrogens is 2. The SMILES string of the molecule is O=C(CN(CCC1CCCC1)C(=O)N1CCC[C@H]1C(=O)Nc1nnc(-c2ccccc2)s1)NO. The van der Waals surface area contributed by atoms with Gasteiger partial charge in [0.1, 0.15) is 17.6 Å². The maximum atomic E-state index is 13.3. The molecule has 1 aromatic carbocycles. The van der Waals surface area contributed by atoms with Crippen molar-refractivity contribution < 1.29 is 19.6 Å². The lowest BCUT2D eigenvalue weighted by molar-refractivity contribution is -0.129. The van der Waals surface area contributed by atoms with Crippen LogP contribution in [0.2, 0.25) is 0 Å². The predicted octanol–water partition coefficient (Wildman–Crippen LogP) is 3.12. The Labute approximate surface area is 202 Å². The van der Waals surface area contributed by atoms with E-state index < -0.39 is 11.9 Å². The average Bonchev–Trinajstić information content (AvgIpc) is 3.63. The first kappa shape index (κ1) is 24.1. The van der Waals surface area contributed by atoms with Crippen LogP contribution in [0.15, 0.2) is 30.3 Å². The van der Waals surface area contributed by atoms with Crippen molar-refractivity contribution in [3.05, 3.63) is 30.3 Å². The van der Waals surface area contributed by atoms with Crippen molar-refractivity contribution in [3.8, 4) is 10.6 Å². The molecular formula is C23H30N6O4S. The summed E-state index contributed by atoms with van der Waals surface area (Å²) in [5, 5.41) is 21.1. The van der Waals surface area contributed by atoms with Gasteiger partial charge in [0.05, 0.1) is 0 Å². The van der Waals surface area contributed by atoms with Gasteiger partial charge in [0.2, 0.25) is 11.0 Å². The molecule has 4 rings (SSSR count). The van der Waals surface area contributed by atoms with Crippen LogP contribution in [0, 0.1) is 5.92 Å². The average molecular weight is 487 g/mol. The van der Waals surface area contributed by atoms with Crippen LogP contribution < -0.4 is 10.8 Å². The second-order valence-corrected chi connectivity index (χ2v) is 9.77. The highest BCUT2D eigenvalue weighted by atomic mass is 32.1. The molecule has 0 radical (unpaired) electrons. The van der Waals surface area contributed by atoms with Crippen molar-refractivity contribution >= 4 is 34.3 Å². The number of hydrogen-bond acceptors (Lipinski definition) is 7. The molecule has 11 heteroatoms. The van der Waals surface area contributed by atoms with E-state index in [4.69, 9.17) is 5.21 Å². The van der Waals surface area contributed by atoms with Crippen LogP contribution in [0.4, 0.5) is 9.93 Å². The van der Waals surface area contributed by atoms with E-state index in [1.54, 1.807) is 5.48 Å².